The number of hydrogen-bond acceptors (Lipinski definition) is 3. The first-order chi connectivity index (χ1) is 9.15. The summed E-state index contributed by atoms with van der Waals surface area (Å²) in [4.78, 5) is 0. The molecule has 0 bridgehead atoms. The van der Waals surface area contributed by atoms with Crippen LogP contribution in [0.15, 0.2) is 39.2 Å². The van der Waals surface area contributed by atoms with Gasteiger partial charge < -0.3 is 14.9 Å². The quantitative estimate of drug-likeness (QED) is 0.902. The van der Waals surface area contributed by atoms with Crippen molar-refractivity contribution in [3.05, 3.63) is 51.9 Å². The van der Waals surface area contributed by atoms with Crippen LogP contribution in [-0.2, 0) is 6.42 Å². The molecule has 1 atom stereocenters. The molecule has 102 valence electrons. The highest BCUT2D eigenvalue weighted by molar-refractivity contribution is 9.10. The van der Waals surface area contributed by atoms with Crippen LogP contribution in [0.1, 0.15) is 37.0 Å². The largest absolute Gasteiger partial charge is 0.493 e. The van der Waals surface area contributed by atoms with Crippen molar-refractivity contribution >= 4 is 15.9 Å². The summed E-state index contributed by atoms with van der Waals surface area (Å²) >= 11 is 3.50. The summed E-state index contributed by atoms with van der Waals surface area (Å²) in [6.45, 7) is 4.66. The third-order valence-electron chi connectivity index (χ3n) is 2.95. The Kier molecular flexibility index (Phi) is 4.66. The molecule has 0 aliphatic heterocycles. The average Bonchev–Trinajstić information content (AvgIpc) is 2.89. The van der Waals surface area contributed by atoms with E-state index in [4.69, 9.17) is 14.9 Å². The van der Waals surface area contributed by atoms with Gasteiger partial charge in [0.1, 0.15) is 17.3 Å². The highest BCUT2D eigenvalue weighted by atomic mass is 79.9. The van der Waals surface area contributed by atoms with Crippen LogP contribution in [0.4, 0.5) is 0 Å². The summed E-state index contributed by atoms with van der Waals surface area (Å²) < 4.78 is 12.1. The average molecular weight is 324 g/mol. The Balaban J connectivity index is 2.23. The van der Waals surface area contributed by atoms with Gasteiger partial charge in [-0.1, -0.05) is 13.0 Å². The van der Waals surface area contributed by atoms with Gasteiger partial charge in [0.05, 0.1) is 17.1 Å². The van der Waals surface area contributed by atoms with Crippen molar-refractivity contribution in [2.24, 2.45) is 5.73 Å². The molecule has 0 aliphatic carbocycles. The summed E-state index contributed by atoms with van der Waals surface area (Å²) in [5, 5.41) is 0. The van der Waals surface area contributed by atoms with E-state index in [9.17, 15) is 0 Å². The molecule has 1 aromatic carbocycles. The summed E-state index contributed by atoms with van der Waals surface area (Å²) in [6, 6.07) is 9.52. The van der Waals surface area contributed by atoms with Crippen LogP contribution in [0.2, 0.25) is 0 Å². The third kappa shape index (κ3) is 3.19. The Morgan fingerprint density at radius 3 is 2.63 bits per heavy atom. The lowest BCUT2D eigenvalue weighted by Gasteiger charge is -2.12. The van der Waals surface area contributed by atoms with Gasteiger partial charge in [-0.2, -0.15) is 0 Å². The van der Waals surface area contributed by atoms with Crippen molar-refractivity contribution in [2.45, 2.75) is 26.3 Å². The molecular formula is C15H18BrNO2. The number of nitrogens with two attached hydrogens (primary N) is 1. The smallest absolute Gasteiger partial charge is 0.133 e. The molecule has 0 saturated carbocycles. The number of furan rings is 1. The molecule has 0 saturated heterocycles. The molecule has 2 N–H and O–H groups in total. The molecule has 2 rings (SSSR count). The number of ether oxygens (including phenoxy) is 1. The van der Waals surface area contributed by atoms with Crippen molar-refractivity contribution in [1.29, 1.82) is 0 Å². The zero-order valence-electron chi connectivity index (χ0n) is 11.2. The summed E-state index contributed by atoms with van der Waals surface area (Å²) in [5.41, 5.74) is 7.21. The minimum absolute atomic E-state index is 0.257. The van der Waals surface area contributed by atoms with Gasteiger partial charge >= 0.3 is 0 Å². The number of aryl methyl sites for hydroxylation is 1. The van der Waals surface area contributed by atoms with Gasteiger partial charge in [0.15, 0.2) is 0 Å². The molecule has 1 heterocycles. The molecule has 0 aliphatic rings. The first kappa shape index (κ1) is 14.2. The predicted molar refractivity (Wildman–Crippen MR) is 79.4 cm³/mol. The molecule has 3 nitrogen and oxygen atoms in total. The van der Waals surface area contributed by atoms with E-state index >= 15 is 0 Å². The monoisotopic (exact) mass is 323 g/mol. The van der Waals surface area contributed by atoms with Gasteiger partial charge in [0.2, 0.25) is 0 Å². The lowest BCUT2D eigenvalue weighted by Crippen LogP contribution is -2.11. The summed E-state index contributed by atoms with van der Waals surface area (Å²) in [6.07, 6.45) is 0.875. The molecule has 2 aromatic rings. The fourth-order valence-corrected chi connectivity index (χ4v) is 2.41. The normalized spacial score (nSPS) is 12.4. The maximum Gasteiger partial charge on any atom is 0.133 e. The fourth-order valence-electron chi connectivity index (χ4n) is 1.90. The van der Waals surface area contributed by atoms with Gasteiger partial charge in [-0.3, -0.25) is 0 Å². The van der Waals surface area contributed by atoms with E-state index in [0.717, 1.165) is 33.7 Å². The molecule has 0 amide bonds. The minimum Gasteiger partial charge on any atom is -0.493 e. The Bertz CT molecular complexity index is 551. The Labute approximate surface area is 121 Å². The molecule has 1 unspecified atom stereocenters. The van der Waals surface area contributed by atoms with Crippen LogP contribution in [0.5, 0.6) is 5.75 Å². The second kappa shape index (κ2) is 6.26. The van der Waals surface area contributed by atoms with E-state index in [1.54, 1.807) is 0 Å². The Morgan fingerprint density at radius 2 is 2.05 bits per heavy atom. The van der Waals surface area contributed by atoms with Gasteiger partial charge in [-0.25, -0.2) is 0 Å². The molecule has 0 radical (unpaired) electrons. The van der Waals surface area contributed by atoms with E-state index in [2.05, 4.69) is 22.9 Å². The van der Waals surface area contributed by atoms with Crippen LogP contribution >= 0.6 is 15.9 Å². The number of halogens is 1. The van der Waals surface area contributed by atoms with Crippen LogP contribution in [0.25, 0.3) is 0 Å². The minimum atomic E-state index is -0.257. The number of hydrogen-bond donors (Lipinski definition) is 1. The van der Waals surface area contributed by atoms with Crippen LogP contribution in [-0.4, -0.2) is 6.61 Å². The summed E-state index contributed by atoms with van der Waals surface area (Å²) in [7, 11) is 0. The number of rotatable bonds is 5. The maximum absolute atomic E-state index is 6.22. The maximum atomic E-state index is 6.22. The first-order valence-corrected chi connectivity index (χ1v) is 7.21. The highest BCUT2D eigenvalue weighted by Gasteiger charge is 2.14. The molecule has 19 heavy (non-hydrogen) atoms. The summed E-state index contributed by atoms with van der Waals surface area (Å²) in [5.74, 6) is 2.57. The van der Waals surface area contributed by atoms with E-state index in [1.165, 1.54) is 0 Å². The zero-order chi connectivity index (χ0) is 13.8. The van der Waals surface area contributed by atoms with E-state index in [-0.39, 0.29) is 6.04 Å². The van der Waals surface area contributed by atoms with Gasteiger partial charge in [-0.15, -0.1) is 0 Å². The highest BCUT2D eigenvalue weighted by Crippen LogP contribution is 2.30. The number of benzene rings is 1. The predicted octanol–water partition coefficient (Wildman–Crippen LogP) is 4.05. The standard InChI is InChI=1S/C15H18BrNO2/c1-3-11-6-8-14(19-11)15(17)10-5-7-13(18-4-2)12(16)9-10/h5-9,15H,3-4,17H2,1-2H3. The van der Waals surface area contributed by atoms with Crippen molar-refractivity contribution in [1.82, 2.24) is 0 Å². The topological polar surface area (TPSA) is 48.4 Å². The lowest BCUT2D eigenvalue weighted by atomic mass is 10.1. The first-order valence-electron chi connectivity index (χ1n) is 6.42. The molecule has 1 aromatic heterocycles. The van der Waals surface area contributed by atoms with E-state index in [1.807, 2.05) is 37.3 Å². The van der Waals surface area contributed by atoms with Gasteiger partial charge in [0, 0.05) is 6.42 Å². The SMILES string of the molecule is CCOc1ccc(C(N)c2ccc(CC)o2)cc1Br. The molecular weight excluding hydrogens is 306 g/mol. The third-order valence-corrected chi connectivity index (χ3v) is 3.57. The Hall–Kier alpha value is -1.26. The molecule has 0 fully saturated rings. The van der Waals surface area contributed by atoms with Crippen molar-refractivity contribution in [3.63, 3.8) is 0 Å². The van der Waals surface area contributed by atoms with Gasteiger partial charge in [-0.05, 0) is 52.7 Å². The van der Waals surface area contributed by atoms with E-state index < -0.39 is 0 Å². The van der Waals surface area contributed by atoms with Gasteiger partial charge in [0.25, 0.3) is 0 Å². The van der Waals surface area contributed by atoms with Crippen LogP contribution in [0.3, 0.4) is 0 Å². The lowest BCUT2D eigenvalue weighted by molar-refractivity contribution is 0.338. The van der Waals surface area contributed by atoms with Crippen LogP contribution in [0, 0.1) is 0 Å². The second-order valence-electron chi connectivity index (χ2n) is 4.26. The zero-order valence-corrected chi connectivity index (χ0v) is 12.7. The van der Waals surface area contributed by atoms with E-state index in [0.29, 0.717) is 6.61 Å². The molecule has 4 heteroatoms. The van der Waals surface area contributed by atoms with Crippen molar-refractivity contribution in [3.8, 4) is 5.75 Å². The fraction of sp³-hybridized carbons (Fsp3) is 0.333. The Morgan fingerprint density at radius 1 is 1.26 bits per heavy atom. The van der Waals surface area contributed by atoms with Crippen LogP contribution < -0.4 is 10.5 Å². The van der Waals surface area contributed by atoms with Crippen molar-refractivity contribution < 1.29 is 9.15 Å². The molecule has 0 spiro atoms. The van der Waals surface area contributed by atoms with Crippen molar-refractivity contribution in [2.75, 3.05) is 6.61 Å². The second-order valence-corrected chi connectivity index (χ2v) is 5.11.